The first kappa shape index (κ1) is 13.3. The van der Waals surface area contributed by atoms with Crippen molar-refractivity contribution < 1.29 is 15.3 Å². The Balaban J connectivity index is 2.69. The highest BCUT2D eigenvalue weighted by atomic mass is 16.3. The molecular formula is C16H18O3. The van der Waals surface area contributed by atoms with Crippen LogP contribution in [-0.4, -0.2) is 15.3 Å². The van der Waals surface area contributed by atoms with Crippen molar-refractivity contribution >= 4 is 0 Å². The summed E-state index contributed by atoms with van der Waals surface area (Å²) in [4.78, 5) is 0. The Bertz CT molecular complexity index is 583. The van der Waals surface area contributed by atoms with Crippen LogP contribution in [0.3, 0.4) is 0 Å². The Morgan fingerprint density at radius 2 is 1.32 bits per heavy atom. The Hall–Kier alpha value is -2.16. The minimum atomic E-state index is 0.0124. The van der Waals surface area contributed by atoms with Crippen LogP contribution in [0.15, 0.2) is 30.3 Å². The smallest absolute Gasteiger partial charge is 0.119 e. The first-order valence-electron chi connectivity index (χ1n) is 6.43. The van der Waals surface area contributed by atoms with Crippen molar-refractivity contribution in [2.24, 2.45) is 0 Å². The molecule has 0 aliphatic rings. The van der Waals surface area contributed by atoms with E-state index < -0.39 is 0 Å². The summed E-state index contributed by atoms with van der Waals surface area (Å²) in [6, 6.07) is 7.91. The summed E-state index contributed by atoms with van der Waals surface area (Å²) in [7, 11) is 0. The standard InChI is InChI=1S/C16H18O3/c1-3-10-5-14(19)9-16(15(10)4-2)11-6-12(17)8-13(18)7-11/h5-9,17-19H,3-4H2,1-2H3. The van der Waals surface area contributed by atoms with Crippen LogP contribution >= 0.6 is 0 Å². The van der Waals surface area contributed by atoms with Gasteiger partial charge in [-0.15, -0.1) is 0 Å². The first-order valence-corrected chi connectivity index (χ1v) is 6.43. The van der Waals surface area contributed by atoms with Gasteiger partial charge >= 0.3 is 0 Å². The van der Waals surface area contributed by atoms with Gasteiger partial charge in [0, 0.05) is 6.07 Å². The largest absolute Gasteiger partial charge is 0.508 e. The predicted molar refractivity (Wildman–Crippen MR) is 75.6 cm³/mol. The molecule has 0 radical (unpaired) electrons. The second-order valence-electron chi connectivity index (χ2n) is 4.58. The van der Waals surface area contributed by atoms with E-state index in [0.717, 1.165) is 29.5 Å². The molecule has 0 amide bonds. The monoisotopic (exact) mass is 258 g/mol. The molecule has 0 saturated heterocycles. The van der Waals surface area contributed by atoms with Gasteiger partial charge in [-0.3, -0.25) is 0 Å². The Morgan fingerprint density at radius 3 is 1.84 bits per heavy atom. The SMILES string of the molecule is CCc1cc(O)cc(-c2cc(O)cc(O)c2)c1CC. The molecule has 2 aromatic carbocycles. The number of aryl methyl sites for hydroxylation is 1. The highest BCUT2D eigenvalue weighted by Crippen LogP contribution is 2.35. The lowest BCUT2D eigenvalue weighted by Crippen LogP contribution is -1.95. The number of rotatable bonds is 3. The van der Waals surface area contributed by atoms with Crippen molar-refractivity contribution in [3.8, 4) is 28.4 Å². The summed E-state index contributed by atoms with van der Waals surface area (Å²) >= 11 is 0. The number of phenols is 3. The maximum atomic E-state index is 9.82. The van der Waals surface area contributed by atoms with Gasteiger partial charge in [-0.25, -0.2) is 0 Å². The second-order valence-corrected chi connectivity index (χ2v) is 4.58. The highest BCUT2D eigenvalue weighted by Gasteiger charge is 2.11. The molecule has 0 heterocycles. The molecule has 0 unspecified atom stereocenters. The van der Waals surface area contributed by atoms with Gasteiger partial charge in [-0.2, -0.15) is 0 Å². The van der Waals surface area contributed by atoms with Gasteiger partial charge in [0.15, 0.2) is 0 Å². The summed E-state index contributed by atoms with van der Waals surface area (Å²) in [5.41, 5.74) is 3.77. The van der Waals surface area contributed by atoms with E-state index in [4.69, 9.17) is 0 Å². The van der Waals surface area contributed by atoms with Gasteiger partial charge in [0.05, 0.1) is 0 Å². The van der Waals surface area contributed by atoms with E-state index in [-0.39, 0.29) is 17.2 Å². The van der Waals surface area contributed by atoms with Gasteiger partial charge < -0.3 is 15.3 Å². The van der Waals surface area contributed by atoms with Gasteiger partial charge in [-0.1, -0.05) is 13.8 Å². The molecule has 0 atom stereocenters. The van der Waals surface area contributed by atoms with E-state index >= 15 is 0 Å². The minimum absolute atomic E-state index is 0.0124. The maximum absolute atomic E-state index is 9.82. The molecule has 0 fully saturated rings. The summed E-state index contributed by atoms with van der Waals surface area (Å²) in [5.74, 6) is 0.226. The van der Waals surface area contributed by atoms with Gasteiger partial charge in [0.1, 0.15) is 17.2 Å². The van der Waals surface area contributed by atoms with Gasteiger partial charge in [0.2, 0.25) is 0 Å². The van der Waals surface area contributed by atoms with Crippen LogP contribution < -0.4 is 0 Å². The fourth-order valence-electron chi connectivity index (χ4n) is 2.46. The Kier molecular flexibility index (Phi) is 3.65. The molecule has 0 aromatic heterocycles. The molecule has 2 aromatic rings. The maximum Gasteiger partial charge on any atom is 0.119 e. The van der Waals surface area contributed by atoms with E-state index in [9.17, 15) is 15.3 Å². The first-order chi connectivity index (χ1) is 9.05. The quantitative estimate of drug-likeness (QED) is 0.788. The zero-order valence-corrected chi connectivity index (χ0v) is 11.1. The number of hydrogen-bond donors (Lipinski definition) is 3. The molecule has 100 valence electrons. The second kappa shape index (κ2) is 5.22. The fraction of sp³-hybridized carbons (Fsp3) is 0.250. The van der Waals surface area contributed by atoms with Crippen LogP contribution in [0.5, 0.6) is 17.2 Å². The third-order valence-corrected chi connectivity index (χ3v) is 3.28. The third-order valence-electron chi connectivity index (χ3n) is 3.28. The van der Waals surface area contributed by atoms with Crippen LogP contribution in [0.2, 0.25) is 0 Å². The third kappa shape index (κ3) is 2.65. The van der Waals surface area contributed by atoms with Crippen LogP contribution in [0.25, 0.3) is 11.1 Å². The molecule has 3 N–H and O–H groups in total. The summed E-state index contributed by atoms with van der Waals surface area (Å²) in [5, 5.41) is 29.0. The zero-order valence-electron chi connectivity index (χ0n) is 11.1. The summed E-state index contributed by atoms with van der Waals surface area (Å²) < 4.78 is 0. The Labute approximate surface area is 112 Å². The molecule has 3 nitrogen and oxygen atoms in total. The van der Waals surface area contributed by atoms with E-state index in [1.165, 1.54) is 6.07 Å². The lowest BCUT2D eigenvalue weighted by atomic mass is 9.92. The molecule has 2 rings (SSSR count). The van der Waals surface area contributed by atoms with Crippen LogP contribution in [0.4, 0.5) is 0 Å². The molecule has 0 spiro atoms. The van der Waals surface area contributed by atoms with Gasteiger partial charge in [-0.05, 0) is 59.4 Å². The number of phenolic OH excluding ortho intramolecular Hbond substituents is 3. The van der Waals surface area contributed by atoms with Crippen molar-refractivity contribution in [2.75, 3.05) is 0 Å². The van der Waals surface area contributed by atoms with Crippen LogP contribution in [0, 0.1) is 0 Å². The average Bonchev–Trinajstić information content (AvgIpc) is 2.36. The summed E-state index contributed by atoms with van der Waals surface area (Å²) in [6.45, 7) is 4.09. The van der Waals surface area contributed by atoms with Crippen molar-refractivity contribution in [1.29, 1.82) is 0 Å². The van der Waals surface area contributed by atoms with E-state index in [1.807, 2.05) is 6.92 Å². The average molecular weight is 258 g/mol. The van der Waals surface area contributed by atoms with E-state index in [0.29, 0.717) is 5.56 Å². The molecular weight excluding hydrogens is 240 g/mol. The van der Waals surface area contributed by atoms with E-state index in [1.54, 1.807) is 24.3 Å². The summed E-state index contributed by atoms with van der Waals surface area (Å²) in [6.07, 6.45) is 1.66. The number of hydrogen-bond acceptors (Lipinski definition) is 3. The van der Waals surface area contributed by atoms with Crippen LogP contribution in [-0.2, 0) is 12.8 Å². The molecule has 0 aliphatic carbocycles. The van der Waals surface area contributed by atoms with Crippen molar-refractivity contribution in [2.45, 2.75) is 26.7 Å². The van der Waals surface area contributed by atoms with E-state index in [2.05, 4.69) is 6.92 Å². The lowest BCUT2D eigenvalue weighted by Gasteiger charge is -2.14. The lowest BCUT2D eigenvalue weighted by molar-refractivity contribution is 0.451. The topological polar surface area (TPSA) is 60.7 Å². The highest BCUT2D eigenvalue weighted by molar-refractivity contribution is 5.73. The molecule has 3 heteroatoms. The van der Waals surface area contributed by atoms with Crippen LogP contribution in [0.1, 0.15) is 25.0 Å². The van der Waals surface area contributed by atoms with Crippen molar-refractivity contribution in [1.82, 2.24) is 0 Å². The van der Waals surface area contributed by atoms with Gasteiger partial charge in [0.25, 0.3) is 0 Å². The molecule has 0 bridgehead atoms. The molecule has 0 aliphatic heterocycles. The predicted octanol–water partition coefficient (Wildman–Crippen LogP) is 3.60. The molecule has 19 heavy (non-hydrogen) atoms. The minimum Gasteiger partial charge on any atom is -0.508 e. The van der Waals surface area contributed by atoms with Crippen molar-refractivity contribution in [3.05, 3.63) is 41.5 Å². The Morgan fingerprint density at radius 1 is 0.737 bits per heavy atom. The zero-order chi connectivity index (χ0) is 14.0. The number of aromatic hydroxyl groups is 3. The number of benzene rings is 2. The normalized spacial score (nSPS) is 10.6. The fourth-order valence-corrected chi connectivity index (χ4v) is 2.46. The molecule has 0 saturated carbocycles. The van der Waals surface area contributed by atoms with Crippen molar-refractivity contribution in [3.63, 3.8) is 0 Å².